The van der Waals surface area contributed by atoms with Crippen LogP contribution in [0.5, 0.6) is 0 Å². The molecular weight excluding hydrogens is 282 g/mol. The van der Waals surface area contributed by atoms with Gasteiger partial charge in [-0.15, -0.1) is 0 Å². The van der Waals surface area contributed by atoms with Gasteiger partial charge < -0.3 is 19.7 Å². The van der Waals surface area contributed by atoms with Crippen LogP contribution in [0, 0.1) is 0 Å². The van der Waals surface area contributed by atoms with Crippen LogP contribution >= 0.6 is 0 Å². The van der Waals surface area contributed by atoms with Crippen LogP contribution in [0.25, 0.3) is 0 Å². The first-order valence-electron chi connectivity index (χ1n) is 6.26. The molecule has 0 saturated carbocycles. The van der Waals surface area contributed by atoms with E-state index in [0.717, 1.165) is 0 Å². The standard InChI is InChI=1S/C12H23N3O4S/c1-12(16,9-15(3)4)8-14-7-10-5-6-11(19-10)20(17,18)13-2/h5-6,13-14,16H,7-9H2,1-4H3. The molecule has 0 aliphatic carbocycles. The molecule has 0 spiro atoms. The second-order valence-corrected chi connectivity index (χ2v) is 7.08. The van der Waals surface area contributed by atoms with Crippen molar-refractivity contribution in [3.05, 3.63) is 17.9 Å². The van der Waals surface area contributed by atoms with E-state index in [9.17, 15) is 13.5 Å². The van der Waals surface area contributed by atoms with Crippen molar-refractivity contribution in [2.45, 2.75) is 24.2 Å². The van der Waals surface area contributed by atoms with Crippen LogP contribution in [0.4, 0.5) is 0 Å². The second-order valence-electron chi connectivity index (χ2n) is 5.27. The molecule has 20 heavy (non-hydrogen) atoms. The maximum absolute atomic E-state index is 11.5. The van der Waals surface area contributed by atoms with Crippen molar-refractivity contribution in [3.8, 4) is 0 Å². The van der Waals surface area contributed by atoms with Crippen LogP contribution in [0.15, 0.2) is 21.6 Å². The van der Waals surface area contributed by atoms with Gasteiger partial charge in [0.1, 0.15) is 5.76 Å². The Labute approximate surface area is 120 Å². The lowest BCUT2D eigenvalue weighted by atomic mass is 10.1. The van der Waals surface area contributed by atoms with Gasteiger partial charge in [0.05, 0.1) is 12.1 Å². The summed E-state index contributed by atoms with van der Waals surface area (Å²) in [5.74, 6) is 0.500. The van der Waals surface area contributed by atoms with Crippen LogP contribution in [0.2, 0.25) is 0 Å². The van der Waals surface area contributed by atoms with Gasteiger partial charge in [-0.3, -0.25) is 0 Å². The molecule has 116 valence electrons. The molecule has 0 bridgehead atoms. The van der Waals surface area contributed by atoms with Crippen LogP contribution in [-0.4, -0.2) is 58.3 Å². The molecule has 8 heteroatoms. The first-order chi connectivity index (χ1) is 9.16. The average molecular weight is 305 g/mol. The van der Waals surface area contributed by atoms with E-state index in [-0.39, 0.29) is 5.09 Å². The summed E-state index contributed by atoms with van der Waals surface area (Å²) >= 11 is 0. The first kappa shape index (κ1) is 17.1. The topological polar surface area (TPSA) is 94.8 Å². The highest BCUT2D eigenvalue weighted by Crippen LogP contribution is 2.13. The highest BCUT2D eigenvalue weighted by atomic mass is 32.2. The average Bonchev–Trinajstić information content (AvgIpc) is 2.76. The van der Waals surface area contributed by atoms with E-state index in [2.05, 4.69) is 10.0 Å². The number of nitrogens with one attached hydrogen (secondary N) is 2. The number of hydrogen-bond donors (Lipinski definition) is 3. The highest BCUT2D eigenvalue weighted by Gasteiger charge is 2.21. The van der Waals surface area contributed by atoms with Crippen LogP contribution in [-0.2, 0) is 16.6 Å². The third kappa shape index (κ3) is 5.22. The number of sulfonamides is 1. The van der Waals surface area contributed by atoms with E-state index >= 15 is 0 Å². The molecule has 0 fully saturated rings. The van der Waals surface area contributed by atoms with Gasteiger partial charge in [-0.1, -0.05) is 0 Å². The third-order valence-corrected chi connectivity index (χ3v) is 3.92. The van der Waals surface area contributed by atoms with Crippen molar-refractivity contribution >= 4 is 10.0 Å². The molecule has 1 heterocycles. The monoisotopic (exact) mass is 305 g/mol. The fraction of sp³-hybridized carbons (Fsp3) is 0.667. The van der Waals surface area contributed by atoms with E-state index in [1.807, 2.05) is 19.0 Å². The van der Waals surface area contributed by atoms with Crippen molar-refractivity contribution in [2.75, 3.05) is 34.2 Å². The Hall–Kier alpha value is -0.930. The molecule has 0 aliphatic heterocycles. The van der Waals surface area contributed by atoms with E-state index in [1.54, 1.807) is 13.0 Å². The largest absolute Gasteiger partial charge is 0.447 e. The van der Waals surface area contributed by atoms with Crippen molar-refractivity contribution in [3.63, 3.8) is 0 Å². The van der Waals surface area contributed by atoms with Gasteiger partial charge in [0, 0.05) is 13.1 Å². The van der Waals surface area contributed by atoms with Crippen LogP contribution in [0.1, 0.15) is 12.7 Å². The number of likely N-dealkylation sites (N-methyl/N-ethyl adjacent to an activating group) is 1. The summed E-state index contributed by atoms with van der Waals surface area (Å²) in [5.41, 5.74) is -0.865. The molecule has 0 radical (unpaired) electrons. The zero-order valence-electron chi connectivity index (χ0n) is 12.3. The number of rotatable bonds is 8. The predicted molar refractivity (Wildman–Crippen MR) is 75.8 cm³/mol. The fourth-order valence-electron chi connectivity index (χ4n) is 1.89. The quantitative estimate of drug-likeness (QED) is 0.604. The SMILES string of the molecule is CNS(=O)(=O)c1ccc(CNCC(C)(O)CN(C)C)o1. The Morgan fingerprint density at radius 3 is 2.60 bits per heavy atom. The Morgan fingerprint density at radius 1 is 1.40 bits per heavy atom. The summed E-state index contributed by atoms with van der Waals surface area (Å²) in [5, 5.41) is 13.0. The molecule has 1 atom stereocenters. The summed E-state index contributed by atoms with van der Waals surface area (Å²) in [6.07, 6.45) is 0. The predicted octanol–water partition coefficient (Wildman–Crippen LogP) is -0.410. The summed E-state index contributed by atoms with van der Waals surface area (Å²) in [7, 11) is 1.55. The Balaban J connectivity index is 2.52. The van der Waals surface area contributed by atoms with Gasteiger partial charge in [0.15, 0.2) is 0 Å². The number of furan rings is 1. The normalized spacial score (nSPS) is 15.5. The molecule has 1 aromatic heterocycles. The maximum Gasteiger partial charge on any atom is 0.273 e. The lowest BCUT2D eigenvalue weighted by Gasteiger charge is -2.27. The summed E-state index contributed by atoms with van der Waals surface area (Å²) in [4.78, 5) is 1.90. The molecule has 0 amide bonds. The summed E-state index contributed by atoms with van der Waals surface area (Å²) in [6.45, 7) is 2.99. The van der Waals surface area contributed by atoms with Crippen LogP contribution in [0.3, 0.4) is 0 Å². The summed E-state index contributed by atoms with van der Waals surface area (Å²) < 4.78 is 30.4. The van der Waals surface area contributed by atoms with Gasteiger partial charge >= 0.3 is 0 Å². The van der Waals surface area contributed by atoms with Gasteiger partial charge in [0.2, 0.25) is 5.09 Å². The molecule has 7 nitrogen and oxygen atoms in total. The third-order valence-electron chi connectivity index (χ3n) is 2.63. The number of aliphatic hydroxyl groups is 1. The molecule has 1 aromatic rings. The van der Waals surface area contributed by atoms with E-state index in [4.69, 9.17) is 4.42 Å². The lowest BCUT2D eigenvalue weighted by Crippen LogP contribution is -2.45. The molecule has 3 N–H and O–H groups in total. The fourth-order valence-corrected chi connectivity index (χ4v) is 2.56. The van der Waals surface area contributed by atoms with Crippen LogP contribution < -0.4 is 10.0 Å². The Kier molecular flexibility index (Phi) is 5.72. The second kappa shape index (κ2) is 6.68. The summed E-state index contributed by atoms with van der Waals surface area (Å²) in [6, 6.07) is 3.00. The number of nitrogens with zero attached hydrogens (tertiary/aromatic N) is 1. The number of hydrogen-bond acceptors (Lipinski definition) is 6. The van der Waals surface area contributed by atoms with E-state index in [1.165, 1.54) is 13.1 Å². The Bertz CT molecular complexity index is 523. The highest BCUT2D eigenvalue weighted by molar-refractivity contribution is 7.89. The molecule has 0 aliphatic rings. The minimum Gasteiger partial charge on any atom is -0.447 e. The van der Waals surface area contributed by atoms with E-state index in [0.29, 0.717) is 25.4 Å². The minimum atomic E-state index is -3.55. The van der Waals surface area contributed by atoms with E-state index < -0.39 is 15.6 Å². The minimum absolute atomic E-state index is 0.114. The molecular formula is C12H23N3O4S. The zero-order valence-corrected chi connectivity index (χ0v) is 13.1. The molecule has 0 aromatic carbocycles. The van der Waals surface area contributed by atoms with Crippen molar-refractivity contribution in [2.24, 2.45) is 0 Å². The van der Waals surface area contributed by atoms with Crippen molar-refractivity contribution in [1.29, 1.82) is 0 Å². The molecule has 0 saturated heterocycles. The Morgan fingerprint density at radius 2 is 2.05 bits per heavy atom. The molecule has 1 unspecified atom stereocenters. The van der Waals surface area contributed by atoms with Gasteiger partial charge in [-0.25, -0.2) is 13.1 Å². The van der Waals surface area contributed by atoms with Gasteiger partial charge in [-0.05, 0) is 40.2 Å². The zero-order chi connectivity index (χ0) is 15.4. The smallest absolute Gasteiger partial charge is 0.273 e. The van der Waals surface area contributed by atoms with Gasteiger partial charge in [-0.2, -0.15) is 0 Å². The maximum atomic E-state index is 11.5. The lowest BCUT2D eigenvalue weighted by molar-refractivity contribution is 0.0332. The molecule has 1 rings (SSSR count). The van der Waals surface area contributed by atoms with Crippen molar-refractivity contribution < 1.29 is 17.9 Å². The van der Waals surface area contributed by atoms with Crippen molar-refractivity contribution in [1.82, 2.24) is 14.9 Å². The first-order valence-corrected chi connectivity index (χ1v) is 7.75. The van der Waals surface area contributed by atoms with Gasteiger partial charge in [0.25, 0.3) is 10.0 Å².